The largest absolute Gasteiger partial charge is 0.496 e. The molecule has 0 aliphatic rings. The lowest BCUT2D eigenvalue weighted by atomic mass is 10.1. The number of benzene rings is 1. The number of methoxy groups -OCH3 is 2. The second-order valence-electron chi connectivity index (χ2n) is 4.48. The summed E-state index contributed by atoms with van der Waals surface area (Å²) in [5.74, 6) is 0.669. The SMILES string of the molecule is COCCCCCNCc1cc([N+](=O)[O-])ccc1OC. The van der Waals surface area contributed by atoms with Crippen LogP contribution in [-0.4, -0.2) is 32.3 Å². The molecule has 1 N–H and O–H groups in total. The van der Waals surface area contributed by atoms with Crippen LogP contribution in [0.3, 0.4) is 0 Å². The maximum atomic E-state index is 10.8. The molecular weight excluding hydrogens is 260 g/mol. The molecule has 0 saturated carbocycles. The first-order valence-electron chi connectivity index (χ1n) is 6.70. The van der Waals surface area contributed by atoms with Crippen molar-refractivity contribution in [3.63, 3.8) is 0 Å². The third-order valence-corrected chi connectivity index (χ3v) is 2.99. The number of ether oxygens (including phenoxy) is 2. The molecule has 6 nitrogen and oxygen atoms in total. The van der Waals surface area contributed by atoms with Crippen molar-refractivity contribution < 1.29 is 14.4 Å². The lowest BCUT2D eigenvalue weighted by molar-refractivity contribution is -0.384. The van der Waals surface area contributed by atoms with Crippen LogP contribution in [0.4, 0.5) is 5.69 Å². The molecule has 1 rings (SSSR count). The molecule has 0 aromatic heterocycles. The Morgan fingerprint density at radius 3 is 2.70 bits per heavy atom. The second kappa shape index (κ2) is 9.28. The fraction of sp³-hybridized carbons (Fsp3) is 0.571. The van der Waals surface area contributed by atoms with Gasteiger partial charge in [-0.05, 0) is 31.9 Å². The monoisotopic (exact) mass is 282 g/mol. The zero-order valence-corrected chi connectivity index (χ0v) is 12.1. The first-order valence-corrected chi connectivity index (χ1v) is 6.70. The predicted molar refractivity (Wildman–Crippen MR) is 77.1 cm³/mol. The zero-order valence-electron chi connectivity index (χ0n) is 12.1. The topological polar surface area (TPSA) is 73.6 Å². The van der Waals surface area contributed by atoms with E-state index in [4.69, 9.17) is 9.47 Å². The quantitative estimate of drug-likeness (QED) is 0.405. The van der Waals surface area contributed by atoms with Crippen LogP contribution < -0.4 is 10.1 Å². The highest BCUT2D eigenvalue weighted by Gasteiger charge is 2.10. The third-order valence-electron chi connectivity index (χ3n) is 2.99. The summed E-state index contributed by atoms with van der Waals surface area (Å²) in [7, 11) is 3.27. The van der Waals surface area contributed by atoms with Crippen LogP contribution in [0, 0.1) is 10.1 Å². The van der Waals surface area contributed by atoms with E-state index in [0.717, 1.165) is 38.0 Å². The summed E-state index contributed by atoms with van der Waals surface area (Å²) in [5.41, 5.74) is 0.890. The van der Waals surface area contributed by atoms with Crippen LogP contribution >= 0.6 is 0 Å². The lowest BCUT2D eigenvalue weighted by Gasteiger charge is -2.09. The van der Waals surface area contributed by atoms with Gasteiger partial charge in [0.05, 0.1) is 12.0 Å². The smallest absolute Gasteiger partial charge is 0.270 e. The van der Waals surface area contributed by atoms with Gasteiger partial charge < -0.3 is 14.8 Å². The number of rotatable bonds is 10. The van der Waals surface area contributed by atoms with Gasteiger partial charge in [-0.3, -0.25) is 10.1 Å². The Kier molecular flexibility index (Phi) is 7.60. The summed E-state index contributed by atoms with van der Waals surface area (Å²) in [6, 6.07) is 4.64. The number of nitro benzene ring substituents is 1. The van der Waals surface area contributed by atoms with Gasteiger partial charge in [0.1, 0.15) is 5.75 Å². The Bertz CT molecular complexity index is 424. The first-order chi connectivity index (χ1) is 9.69. The van der Waals surface area contributed by atoms with E-state index in [0.29, 0.717) is 12.3 Å². The van der Waals surface area contributed by atoms with Gasteiger partial charge in [-0.25, -0.2) is 0 Å². The van der Waals surface area contributed by atoms with E-state index in [-0.39, 0.29) is 5.69 Å². The average molecular weight is 282 g/mol. The fourth-order valence-corrected chi connectivity index (χ4v) is 1.91. The van der Waals surface area contributed by atoms with Gasteiger partial charge in [-0.1, -0.05) is 0 Å². The van der Waals surface area contributed by atoms with E-state index in [9.17, 15) is 10.1 Å². The van der Waals surface area contributed by atoms with Gasteiger partial charge in [0.2, 0.25) is 0 Å². The van der Waals surface area contributed by atoms with Crippen LogP contribution in [0.25, 0.3) is 0 Å². The van der Waals surface area contributed by atoms with Crippen LogP contribution in [0.15, 0.2) is 18.2 Å². The first kappa shape index (κ1) is 16.4. The van der Waals surface area contributed by atoms with Gasteiger partial charge >= 0.3 is 0 Å². The summed E-state index contributed by atoms with van der Waals surface area (Å²) < 4.78 is 10.2. The number of nitrogens with one attached hydrogen (secondary N) is 1. The van der Waals surface area contributed by atoms with Crippen molar-refractivity contribution in [3.8, 4) is 5.75 Å². The van der Waals surface area contributed by atoms with Gasteiger partial charge in [-0.15, -0.1) is 0 Å². The van der Waals surface area contributed by atoms with E-state index in [1.54, 1.807) is 26.4 Å². The Morgan fingerprint density at radius 1 is 1.25 bits per heavy atom. The maximum absolute atomic E-state index is 10.8. The summed E-state index contributed by atoms with van der Waals surface area (Å²) in [5, 5.41) is 14.0. The summed E-state index contributed by atoms with van der Waals surface area (Å²) in [4.78, 5) is 10.4. The van der Waals surface area contributed by atoms with Crippen molar-refractivity contribution in [1.82, 2.24) is 5.32 Å². The minimum absolute atomic E-state index is 0.0858. The number of hydrogen-bond acceptors (Lipinski definition) is 5. The van der Waals surface area contributed by atoms with Crippen LogP contribution in [-0.2, 0) is 11.3 Å². The molecule has 0 radical (unpaired) electrons. The van der Waals surface area contributed by atoms with Crippen molar-refractivity contribution in [2.75, 3.05) is 27.4 Å². The molecule has 1 aromatic carbocycles. The molecule has 0 atom stereocenters. The number of nitrogens with zero attached hydrogens (tertiary/aromatic N) is 1. The molecule has 0 saturated heterocycles. The van der Waals surface area contributed by atoms with Crippen molar-refractivity contribution in [1.29, 1.82) is 0 Å². The van der Waals surface area contributed by atoms with Crippen molar-refractivity contribution in [3.05, 3.63) is 33.9 Å². The highest BCUT2D eigenvalue weighted by Crippen LogP contribution is 2.23. The molecule has 0 aliphatic heterocycles. The molecule has 112 valence electrons. The minimum Gasteiger partial charge on any atom is -0.496 e. The Labute approximate surface area is 119 Å². The van der Waals surface area contributed by atoms with Crippen molar-refractivity contribution in [2.24, 2.45) is 0 Å². The van der Waals surface area contributed by atoms with Crippen molar-refractivity contribution in [2.45, 2.75) is 25.8 Å². The normalized spacial score (nSPS) is 10.5. The molecule has 0 fully saturated rings. The maximum Gasteiger partial charge on any atom is 0.270 e. The second-order valence-corrected chi connectivity index (χ2v) is 4.48. The standard InChI is InChI=1S/C14H22N2O4/c1-19-9-5-3-4-8-15-11-12-10-13(16(17)18)6-7-14(12)20-2/h6-7,10,15H,3-5,8-9,11H2,1-2H3. The molecule has 0 aliphatic carbocycles. The van der Waals surface area contributed by atoms with Crippen LogP contribution in [0.1, 0.15) is 24.8 Å². The number of hydrogen-bond donors (Lipinski definition) is 1. The summed E-state index contributed by atoms with van der Waals surface area (Å²) in [6.07, 6.45) is 3.21. The molecular formula is C14H22N2O4. The summed E-state index contributed by atoms with van der Waals surface area (Å²) >= 11 is 0. The molecule has 0 bridgehead atoms. The average Bonchev–Trinajstić information content (AvgIpc) is 2.46. The fourth-order valence-electron chi connectivity index (χ4n) is 1.91. The van der Waals surface area contributed by atoms with Gasteiger partial charge in [-0.2, -0.15) is 0 Å². The Hall–Kier alpha value is -1.66. The Morgan fingerprint density at radius 2 is 2.05 bits per heavy atom. The van der Waals surface area contributed by atoms with Crippen LogP contribution in [0.5, 0.6) is 5.75 Å². The zero-order chi connectivity index (χ0) is 14.8. The van der Waals surface area contributed by atoms with Gasteiger partial charge in [0.15, 0.2) is 0 Å². The van der Waals surface area contributed by atoms with E-state index >= 15 is 0 Å². The molecule has 0 spiro atoms. The van der Waals surface area contributed by atoms with Crippen LogP contribution in [0.2, 0.25) is 0 Å². The van der Waals surface area contributed by atoms with E-state index in [1.807, 2.05) is 0 Å². The molecule has 0 amide bonds. The molecule has 6 heteroatoms. The number of nitro groups is 1. The number of unbranched alkanes of at least 4 members (excludes halogenated alkanes) is 2. The molecule has 0 unspecified atom stereocenters. The summed E-state index contributed by atoms with van der Waals surface area (Å²) in [6.45, 7) is 2.23. The highest BCUT2D eigenvalue weighted by molar-refractivity contribution is 5.43. The minimum atomic E-state index is -0.395. The Balaban J connectivity index is 2.41. The van der Waals surface area contributed by atoms with Gasteiger partial charge in [0.25, 0.3) is 5.69 Å². The molecule has 0 heterocycles. The van der Waals surface area contributed by atoms with E-state index in [2.05, 4.69) is 5.32 Å². The molecule has 1 aromatic rings. The third kappa shape index (κ3) is 5.54. The predicted octanol–water partition coefficient (Wildman–Crippen LogP) is 2.51. The lowest BCUT2D eigenvalue weighted by Crippen LogP contribution is -2.15. The van der Waals surface area contributed by atoms with Crippen molar-refractivity contribution >= 4 is 5.69 Å². The molecule has 20 heavy (non-hydrogen) atoms. The highest BCUT2D eigenvalue weighted by atomic mass is 16.6. The number of non-ortho nitro benzene ring substituents is 1. The van der Waals surface area contributed by atoms with E-state index < -0.39 is 4.92 Å². The van der Waals surface area contributed by atoms with E-state index in [1.165, 1.54) is 6.07 Å². The van der Waals surface area contributed by atoms with Gasteiger partial charge in [0, 0.05) is 38.0 Å².